The number of nitrogens with one attached hydrogen (secondary N) is 2. The van der Waals surface area contributed by atoms with Crippen LogP contribution in [0, 0.1) is 5.92 Å². The largest absolute Gasteiger partial charge is 0.469 e. The third-order valence-electron chi connectivity index (χ3n) is 2.43. The molecule has 1 aliphatic heterocycles. The van der Waals surface area contributed by atoms with E-state index in [0.717, 1.165) is 0 Å². The molecule has 0 saturated carbocycles. The van der Waals surface area contributed by atoms with Crippen LogP contribution in [-0.2, 0) is 19.1 Å². The van der Waals surface area contributed by atoms with E-state index in [1.165, 1.54) is 7.11 Å². The second-order valence-corrected chi connectivity index (χ2v) is 3.68. The Morgan fingerprint density at radius 3 is 2.88 bits per heavy atom. The highest BCUT2D eigenvalue weighted by molar-refractivity contribution is 5.89. The highest BCUT2D eigenvalue weighted by Gasteiger charge is 2.27. The molecule has 1 aliphatic rings. The minimum Gasteiger partial charge on any atom is -0.469 e. The van der Waals surface area contributed by atoms with Crippen molar-refractivity contribution in [3.05, 3.63) is 0 Å². The number of carbonyl (C=O) groups excluding carboxylic acids is 3. The molecule has 0 radical (unpaired) electrons. The van der Waals surface area contributed by atoms with Crippen LogP contribution in [0.1, 0.15) is 19.3 Å². The minimum absolute atomic E-state index is 0.0882. The van der Waals surface area contributed by atoms with Crippen LogP contribution in [-0.4, -0.2) is 38.0 Å². The van der Waals surface area contributed by atoms with Crippen LogP contribution in [0.15, 0.2) is 0 Å². The number of carbonyl (C=O) groups is 3. The van der Waals surface area contributed by atoms with Crippen LogP contribution in [0.25, 0.3) is 0 Å². The molecule has 1 rings (SSSR count). The number of hydrogen-bond donors (Lipinski definition) is 2. The van der Waals surface area contributed by atoms with Crippen molar-refractivity contribution in [1.29, 1.82) is 0 Å². The van der Waals surface area contributed by atoms with Crippen LogP contribution >= 0.6 is 0 Å². The van der Waals surface area contributed by atoms with Gasteiger partial charge in [0.25, 0.3) is 0 Å². The van der Waals surface area contributed by atoms with E-state index in [1.807, 2.05) is 0 Å². The summed E-state index contributed by atoms with van der Waals surface area (Å²) in [5, 5.41) is 5.28. The van der Waals surface area contributed by atoms with Gasteiger partial charge in [-0.2, -0.15) is 0 Å². The number of methoxy groups -OCH3 is 1. The summed E-state index contributed by atoms with van der Waals surface area (Å²) in [5.74, 6) is -0.782. The van der Waals surface area contributed by atoms with Crippen LogP contribution < -0.4 is 10.6 Å². The molecule has 1 fully saturated rings. The Morgan fingerprint density at radius 1 is 1.56 bits per heavy atom. The summed E-state index contributed by atoms with van der Waals surface area (Å²) in [6, 6.07) is 0. The molecule has 0 aliphatic carbocycles. The van der Waals surface area contributed by atoms with Gasteiger partial charge in [0.05, 0.1) is 13.0 Å². The van der Waals surface area contributed by atoms with E-state index < -0.39 is 0 Å². The topological polar surface area (TPSA) is 84.5 Å². The van der Waals surface area contributed by atoms with Gasteiger partial charge in [-0.15, -0.1) is 0 Å². The van der Waals surface area contributed by atoms with E-state index in [0.29, 0.717) is 25.9 Å². The van der Waals surface area contributed by atoms with Crippen LogP contribution in [0.4, 0.5) is 0 Å². The van der Waals surface area contributed by atoms with Crippen molar-refractivity contribution in [3.8, 4) is 0 Å². The van der Waals surface area contributed by atoms with Crippen LogP contribution in [0.3, 0.4) is 0 Å². The third kappa shape index (κ3) is 3.88. The molecular weight excluding hydrogens is 212 g/mol. The average Bonchev–Trinajstić information content (AvgIpc) is 2.70. The van der Waals surface area contributed by atoms with Crippen molar-refractivity contribution >= 4 is 17.8 Å². The SMILES string of the molecule is COC(=O)CCCNC(=O)C1CNC(=O)C1. The molecule has 6 nitrogen and oxygen atoms in total. The van der Waals surface area contributed by atoms with Gasteiger partial charge in [-0.1, -0.05) is 0 Å². The molecular formula is C10H16N2O4. The standard InChI is InChI=1S/C10H16N2O4/c1-16-9(14)3-2-4-11-10(15)7-5-8(13)12-6-7/h7H,2-6H2,1H3,(H,11,15)(H,12,13). The van der Waals surface area contributed by atoms with Crippen LogP contribution in [0.5, 0.6) is 0 Å². The Hall–Kier alpha value is -1.59. The summed E-state index contributed by atoms with van der Waals surface area (Å²) >= 11 is 0. The van der Waals surface area contributed by atoms with E-state index >= 15 is 0 Å². The van der Waals surface area contributed by atoms with Crippen molar-refractivity contribution in [3.63, 3.8) is 0 Å². The Labute approximate surface area is 93.7 Å². The van der Waals surface area contributed by atoms with Crippen molar-refractivity contribution in [2.75, 3.05) is 20.2 Å². The first-order valence-corrected chi connectivity index (χ1v) is 5.24. The lowest BCUT2D eigenvalue weighted by Crippen LogP contribution is -2.32. The van der Waals surface area contributed by atoms with Gasteiger partial charge in [0, 0.05) is 25.9 Å². The molecule has 6 heteroatoms. The molecule has 2 amide bonds. The Balaban J connectivity index is 2.11. The zero-order chi connectivity index (χ0) is 12.0. The number of hydrogen-bond acceptors (Lipinski definition) is 4. The summed E-state index contributed by atoms with van der Waals surface area (Å²) in [4.78, 5) is 33.1. The Kier molecular flexibility index (Phi) is 4.75. The van der Waals surface area contributed by atoms with E-state index in [1.54, 1.807) is 0 Å². The second kappa shape index (κ2) is 6.09. The maximum Gasteiger partial charge on any atom is 0.305 e. The normalized spacial score (nSPS) is 19.1. The van der Waals surface area contributed by atoms with E-state index in [2.05, 4.69) is 15.4 Å². The maximum atomic E-state index is 11.5. The third-order valence-corrected chi connectivity index (χ3v) is 2.43. The van der Waals surface area contributed by atoms with Gasteiger partial charge < -0.3 is 15.4 Å². The van der Waals surface area contributed by atoms with Crippen molar-refractivity contribution in [2.45, 2.75) is 19.3 Å². The monoisotopic (exact) mass is 228 g/mol. The molecule has 16 heavy (non-hydrogen) atoms. The summed E-state index contributed by atoms with van der Waals surface area (Å²) in [5.41, 5.74) is 0. The first-order chi connectivity index (χ1) is 7.63. The average molecular weight is 228 g/mol. The van der Waals surface area contributed by atoms with Crippen molar-refractivity contribution < 1.29 is 19.1 Å². The summed E-state index contributed by atoms with van der Waals surface area (Å²) in [6.07, 6.45) is 1.09. The number of ether oxygens (including phenoxy) is 1. The fraction of sp³-hybridized carbons (Fsp3) is 0.700. The first-order valence-electron chi connectivity index (χ1n) is 5.24. The van der Waals surface area contributed by atoms with Gasteiger partial charge in [0.2, 0.25) is 11.8 Å². The van der Waals surface area contributed by atoms with E-state index in [4.69, 9.17) is 0 Å². The van der Waals surface area contributed by atoms with Gasteiger partial charge in [0.15, 0.2) is 0 Å². The molecule has 1 atom stereocenters. The first kappa shape index (κ1) is 12.5. The van der Waals surface area contributed by atoms with Gasteiger partial charge >= 0.3 is 5.97 Å². The summed E-state index contributed by atoms with van der Waals surface area (Å²) in [6.45, 7) is 0.834. The lowest BCUT2D eigenvalue weighted by molar-refractivity contribution is -0.140. The summed E-state index contributed by atoms with van der Waals surface area (Å²) < 4.78 is 4.46. The number of amides is 2. The smallest absolute Gasteiger partial charge is 0.305 e. The van der Waals surface area contributed by atoms with Gasteiger partial charge in [0.1, 0.15) is 0 Å². The molecule has 0 bridgehead atoms. The number of esters is 1. The quantitative estimate of drug-likeness (QED) is 0.476. The fourth-order valence-corrected chi connectivity index (χ4v) is 1.48. The lowest BCUT2D eigenvalue weighted by Gasteiger charge is -2.08. The van der Waals surface area contributed by atoms with Gasteiger partial charge in [-0.25, -0.2) is 0 Å². The van der Waals surface area contributed by atoms with E-state index in [-0.39, 0.29) is 30.1 Å². The number of rotatable bonds is 5. The maximum absolute atomic E-state index is 11.5. The lowest BCUT2D eigenvalue weighted by atomic mass is 10.1. The second-order valence-electron chi connectivity index (χ2n) is 3.68. The predicted octanol–water partition coefficient (Wildman–Crippen LogP) is -0.808. The molecule has 0 aromatic carbocycles. The fourth-order valence-electron chi connectivity index (χ4n) is 1.48. The van der Waals surface area contributed by atoms with Crippen molar-refractivity contribution in [2.24, 2.45) is 5.92 Å². The highest BCUT2D eigenvalue weighted by Crippen LogP contribution is 2.08. The molecule has 1 heterocycles. The summed E-state index contributed by atoms with van der Waals surface area (Å²) in [7, 11) is 1.33. The predicted molar refractivity (Wildman–Crippen MR) is 55.4 cm³/mol. The molecule has 1 saturated heterocycles. The molecule has 2 N–H and O–H groups in total. The van der Waals surface area contributed by atoms with Gasteiger partial charge in [-0.3, -0.25) is 14.4 Å². The van der Waals surface area contributed by atoms with Crippen LogP contribution in [0.2, 0.25) is 0 Å². The Morgan fingerprint density at radius 2 is 2.31 bits per heavy atom. The molecule has 1 unspecified atom stereocenters. The van der Waals surface area contributed by atoms with E-state index in [9.17, 15) is 14.4 Å². The molecule has 0 aromatic heterocycles. The zero-order valence-corrected chi connectivity index (χ0v) is 9.25. The van der Waals surface area contributed by atoms with Crippen molar-refractivity contribution in [1.82, 2.24) is 10.6 Å². The molecule has 90 valence electrons. The zero-order valence-electron chi connectivity index (χ0n) is 9.25. The minimum atomic E-state index is -0.285. The molecule has 0 aromatic rings. The van der Waals surface area contributed by atoms with Gasteiger partial charge in [-0.05, 0) is 6.42 Å². The molecule has 0 spiro atoms. The Bertz CT molecular complexity index is 291. The highest BCUT2D eigenvalue weighted by atomic mass is 16.5.